The molecule has 0 aliphatic heterocycles. The molecule has 2 unspecified atom stereocenters. The summed E-state index contributed by atoms with van der Waals surface area (Å²) in [6.45, 7) is 10.6. The van der Waals surface area contributed by atoms with Crippen molar-refractivity contribution < 1.29 is 33.6 Å². The van der Waals surface area contributed by atoms with Crippen molar-refractivity contribution in [1.82, 2.24) is 10.2 Å². The highest BCUT2D eigenvalue weighted by Crippen LogP contribution is 2.39. The number of benzene rings is 2. The van der Waals surface area contributed by atoms with E-state index in [1.165, 1.54) is 0 Å². The molecule has 3 rings (SSSR count). The number of carboxylic acids is 1. The Morgan fingerprint density at radius 1 is 1.10 bits per heavy atom. The smallest absolute Gasteiger partial charge is 0.329 e. The van der Waals surface area contributed by atoms with Crippen molar-refractivity contribution in [3.8, 4) is 11.5 Å². The number of nitrogens with zero attached hydrogens (tertiary/aromatic N) is 1. The zero-order valence-electron chi connectivity index (χ0n) is 24.1. The average Bonchev–Trinajstić information content (AvgIpc) is 2.90. The van der Waals surface area contributed by atoms with Gasteiger partial charge >= 0.3 is 12.0 Å². The van der Waals surface area contributed by atoms with Crippen LogP contribution in [-0.2, 0) is 14.3 Å². The van der Waals surface area contributed by atoms with Gasteiger partial charge in [0.05, 0.1) is 39.1 Å². The molecule has 2 N–H and O–H groups in total. The van der Waals surface area contributed by atoms with E-state index in [0.29, 0.717) is 18.1 Å². The van der Waals surface area contributed by atoms with Crippen LogP contribution >= 0.6 is 0 Å². The van der Waals surface area contributed by atoms with Crippen LogP contribution in [0.3, 0.4) is 0 Å². The quantitative estimate of drug-likeness (QED) is 0.359. The van der Waals surface area contributed by atoms with Gasteiger partial charge in [-0.1, -0.05) is 30.3 Å². The third-order valence-corrected chi connectivity index (χ3v) is 7.65. The summed E-state index contributed by atoms with van der Waals surface area (Å²) in [7, 11) is 3.20. The molecule has 2 atom stereocenters. The second kappa shape index (κ2) is 13.2. The third-order valence-electron chi connectivity index (χ3n) is 7.65. The molecule has 0 bridgehead atoms. The van der Waals surface area contributed by atoms with Crippen LogP contribution in [0.15, 0.2) is 36.4 Å². The fourth-order valence-corrected chi connectivity index (χ4v) is 5.30. The Labute approximate surface area is 231 Å². The molecule has 2 aromatic carbocycles. The Morgan fingerprint density at radius 3 is 2.33 bits per heavy atom. The van der Waals surface area contributed by atoms with Gasteiger partial charge in [0.25, 0.3) is 0 Å². The number of aliphatic carboxylic acids is 1. The van der Waals surface area contributed by atoms with Crippen LogP contribution < -0.4 is 14.8 Å². The number of amides is 2. The molecule has 9 nitrogen and oxygen atoms in total. The van der Waals surface area contributed by atoms with Gasteiger partial charge in [0.15, 0.2) is 0 Å². The van der Waals surface area contributed by atoms with E-state index in [2.05, 4.69) is 5.32 Å². The number of nitrogens with one attached hydrogen (secondary N) is 1. The molecule has 1 saturated carbocycles. The first-order valence-corrected chi connectivity index (χ1v) is 13.4. The molecule has 39 heavy (non-hydrogen) atoms. The maximum absolute atomic E-state index is 13.8. The van der Waals surface area contributed by atoms with Gasteiger partial charge in [-0.05, 0) is 57.4 Å². The zero-order valence-corrected chi connectivity index (χ0v) is 24.1. The van der Waals surface area contributed by atoms with Crippen molar-refractivity contribution in [3.63, 3.8) is 0 Å². The number of carboxylic acid groups (broad SMARTS) is 1. The summed E-state index contributed by atoms with van der Waals surface area (Å²) < 4.78 is 22.9. The molecule has 0 spiro atoms. The first-order valence-electron chi connectivity index (χ1n) is 13.4. The summed E-state index contributed by atoms with van der Waals surface area (Å²) in [5.41, 5.74) is 2.25. The molecule has 1 aliphatic rings. The normalized spacial score (nSPS) is 19.9. The number of urea groups is 1. The Kier molecular flexibility index (Phi) is 10.2. The van der Waals surface area contributed by atoms with Crippen LogP contribution in [0.25, 0.3) is 0 Å². The second-order valence-electron chi connectivity index (χ2n) is 10.0. The van der Waals surface area contributed by atoms with Gasteiger partial charge in [0, 0.05) is 31.6 Å². The monoisotopic (exact) mass is 542 g/mol. The molecule has 2 amide bonds. The highest BCUT2D eigenvalue weighted by Gasteiger charge is 2.53. The summed E-state index contributed by atoms with van der Waals surface area (Å²) in [6, 6.07) is 10.8. The number of carbonyl (C=O) groups is 2. The van der Waals surface area contributed by atoms with Crippen LogP contribution in [0.5, 0.6) is 11.5 Å². The lowest BCUT2D eigenvalue weighted by Crippen LogP contribution is -2.66. The van der Waals surface area contributed by atoms with E-state index in [1.54, 1.807) is 19.1 Å². The average molecular weight is 543 g/mol. The van der Waals surface area contributed by atoms with Crippen LogP contribution in [0.2, 0.25) is 0 Å². The summed E-state index contributed by atoms with van der Waals surface area (Å²) in [4.78, 5) is 27.6. The third kappa shape index (κ3) is 6.65. The zero-order chi connectivity index (χ0) is 28.7. The number of rotatable bonds is 13. The van der Waals surface area contributed by atoms with Crippen molar-refractivity contribution in [2.24, 2.45) is 0 Å². The highest BCUT2D eigenvalue weighted by molar-refractivity contribution is 5.87. The number of hydrogen-bond acceptors (Lipinski definition) is 6. The van der Waals surface area contributed by atoms with Gasteiger partial charge in [-0.3, -0.25) is 0 Å². The van der Waals surface area contributed by atoms with E-state index in [4.69, 9.17) is 18.9 Å². The Balaban J connectivity index is 1.88. The minimum absolute atomic E-state index is 0.170. The topological polar surface area (TPSA) is 107 Å². The summed E-state index contributed by atoms with van der Waals surface area (Å²) in [6.07, 6.45) is 0.0742. The fraction of sp³-hybridized carbons (Fsp3) is 0.533. The van der Waals surface area contributed by atoms with E-state index in [-0.39, 0.29) is 38.2 Å². The first kappa shape index (κ1) is 30.2. The van der Waals surface area contributed by atoms with Crippen molar-refractivity contribution in [1.29, 1.82) is 0 Å². The van der Waals surface area contributed by atoms with Gasteiger partial charge < -0.3 is 34.3 Å². The molecule has 1 fully saturated rings. The highest BCUT2D eigenvalue weighted by atomic mass is 16.5. The van der Waals surface area contributed by atoms with E-state index < -0.39 is 23.6 Å². The maximum atomic E-state index is 13.8. The van der Waals surface area contributed by atoms with Crippen LogP contribution in [0.1, 0.15) is 68.0 Å². The lowest BCUT2D eigenvalue weighted by atomic mass is 9.74. The minimum Gasteiger partial charge on any atom is -0.496 e. The van der Waals surface area contributed by atoms with Crippen molar-refractivity contribution in [2.45, 2.75) is 71.2 Å². The summed E-state index contributed by atoms with van der Waals surface area (Å²) in [5.74, 6) is 0.267. The van der Waals surface area contributed by atoms with Gasteiger partial charge in [0.2, 0.25) is 0 Å². The van der Waals surface area contributed by atoms with Gasteiger partial charge in [-0.25, -0.2) is 9.59 Å². The van der Waals surface area contributed by atoms with Crippen molar-refractivity contribution in [2.75, 3.05) is 34.0 Å². The predicted molar refractivity (Wildman–Crippen MR) is 148 cm³/mol. The molecular weight excluding hydrogens is 500 g/mol. The number of ether oxygens (including phenoxy) is 4. The van der Waals surface area contributed by atoms with E-state index in [1.807, 2.05) is 71.0 Å². The largest absolute Gasteiger partial charge is 0.496 e. The number of carbonyl (C=O) groups excluding carboxylic acids is 1. The Bertz CT molecular complexity index is 1130. The molecule has 1 aliphatic carbocycles. The molecule has 9 heteroatoms. The molecule has 0 aromatic heterocycles. The summed E-state index contributed by atoms with van der Waals surface area (Å²) >= 11 is 0. The number of methoxy groups -OCH3 is 2. The second-order valence-corrected chi connectivity index (χ2v) is 10.0. The molecular formula is C30H42N2O7. The lowest BCUT2D eigenvalue weighted by molar-refractivity contribution is -0.156. The Hall–Kier alpha value is -3.30. The maximum Gasteiger partial charge on any atom is 0.329 e. The number of hydrogen-bond donors (Lipinski definition) is 2. The predicted octanol–water partition coefficient (Wildman–Crippen LogP) is 5.19. The molecule has 0 radical (unpaired) electrons. The SMILES string of the molecule is CCOC1CC(NC(=O)N(CCOC(C)c2ccccc2)C(C)c2cc(OC)c(C)c(OC)c2C)(C(=O)O)C1. The van der Waals surface area contributed by atoms with Crippen LogP contribution in [0, 0.1) is 13.8 Å². The standard InChI is InChI=1S/C30H42N2O7/c1-8-38-24-17-30(18-24,28(33)34)31-29(35)32(14-15-39-22(5)23-12-10-9-11-13-23)21(4)25-16-26(36-6)20(3)27(37-7)19(25)2/h9-13,16,21-22,24H,8,14-15,17-18H2,1-7H3,(H,31,35)(H,33,34). The van der Waals surface area contributed by atoms with Crippen LogP contribution in [0.4, 0.5) is 4.79 Å². The molecule has 0 saturated heterocycles. The fourth-order valence-electron chi connectivity index (χ4n) is 5.30. The molecule has 2 aromatic rings. The lowest BCUT2D eigenvalue weighted by Gasteiger charge is -2.45. The van der Waals surface area contributed by atoms with Gasteiger partial charge in [-0.15, -0.1) is 0 Å². The van der Waals surface area contributed by atoms with E-state index in [9.17, 15) is 14.7 Å². The van der Waals surface area contributed by atoms with Crippen molar-refractivity contribution in [3.05, 3.63) is 58.7 Å². The van der Waals surface area contributed by atoms with Crippen LogP contribution in [-0.4, -0.2) is 67.6 Å². The van der Waals surface area contributed by atoms with Gasteiger partial charge in [0.1, 0.15) is 17.0 Å². The van der Waals surface area contributed by atoms with Gasteiger partial charge in [-0.2, -0.15) is 0 Å². The molecule has 214 valence electrons. The summed E-state index contributed by atoms with van der Waals surface area (Å²) in [5, 5.41) is 12.8. The molecule has 0 heterocycles. The minimum atomic E-state index is -1.37. The van der Waals surface area contributed by atoms with E-state index >= 15 is 0 Å². The Morgan fingerprint density at radius 2 is 1.77 bits per heavy atom. The first-order chi connectivity index (χ1) is 18.6. The van der Waals surface area contributed by atoms with E-state index in [0.717, 1.165) is 22.3 Å². The van der Waals surface area contributed by atoms with Crippen molar-refractivity contribution >= 4 is 12.0 Å².